The highest BCUT2D eigenvalue weighted by Crippen LogP contribution is 2.28. The molecule has 1 aliphatic rings. The fourth-order valence-electron chi connectivity index (χ4n) is 2.79. The molecule has 1 fully saturated rings. The van der Waals surface area contributed by atoms with Crippen LogP contribution in [0.3, 0.4) is 0 Å². The number of benzene rings is 1. The van der Waals surface area contributed by atoms with Gasteiger partial charge in [-0.1, -0.05) is 16.8 Å². The van der Waals surface area contributed by atoms with Crippen molar-refractivity contribution < 1.29 is 5.21 Å². The summed E-state index contributed by atoms with van der Waals surface area (Å²) in [5.74, 6) is 0.248. The van der Waals surface area contributed by atoms with Crippen molar-refractivity contribution in [3.63, 3.8) is 0 Å². The third-order valence-corrected chi connectivity index (χ3v) is 4.14. The number of hydrogen-bond acceptors (Lipinski definition) is 5. The second-order valence-electron chi connectivity index (χ2n) is 5.35. The number of anilines is 1. The zero-order valence-corrected chi connectivity index (χ0v) is 12.9. The van der Waals surface area contributed by atoms with Crippen LogP contribution >= 0.6 is 11.6 Å². The van der Waals surface area contributed by atoms with Gasteiger partial charge in [0.15, 0.2) is 5.84 Å². The molecule has 2 heterocycles. The van der Waals surface area contributed by atoms with Crippen LogP contribution in [0.1, 0.15) is 0 Å². The molecule has 6 nitrogen and oxygen atoms in total. The van der Waals surface area contributed by atoms with Crippen molar-refractivity contribution in [1.82, 2.24) is 9.88 Å². The van der Waals surface area contributed by atoms with Crippen molar-refractivity contribution in [2.45, 2.75) is 0 Å². The van der Waals surface area contributed by atoms with E-state index in [1.807, 2.05) is 30.5 Å². The maximum absolute atomic E-state index is 8.64. The number of nitrogens with two attached hydrogens (primary N) is 1. The zero-order chi connectivity index (χ0) is 15.5. The fraction of sp³-hybridized carbons (Fsp3) is 0.333. The molecule has 116 valence electrons. The van der Waals surface area contributed by atoms with Gasteiger partial charge in [0, 0.05) is 48.5 Å². The van der Waals surface area contributed by atoms with Crippen LogP contribution in [-0.4, -0.2) is 53.7 Å². The molecule has 0 spiro atoms. The van der Waals surface area contributed by atoms with Crippen LogP contribution in [-0.2, 0) is 0 Å². The van der Waals surface area contributed by atoms with Gasteiger partial charge in [0.2, 0.25) is 0 Å². The van der Waals surface area contributed by atoms with Crippen molar-refractivity contribution in [1.29, 1.82) is 0 Å². The van der Waals surface area contributed by atoms with Gasteiger partial charge in [-0.05, 0) is 24.3 Å². The smallest absolute Gasteiger partial charge is 0.153 e. The first-order chi connectivity index (χ1) is 10.7. The Morgan fingerprint density at radius 3 is 2.77 bits per heavy atom. The summed E-state index contributed by atoms with van der Waals surface area (Å²) in [6.45, 7) is 4.01. The van der Waals surface area contributed by atoms with E-state index >= 15 is 0 Å². The third kappa shape index (κ3) is 3.08. The molecule has 0 unspecified atom stereocenters. The summed E-state index contributed by atoms with van der Waals surface area (Å²) in [4.78, 5) is 8.89. The Kier molecular flexibility index (Phi) is 4.31. The number of halogens is 1. The highest BCUT2D eigenvalue weighted by Gasteiger charge is 2.19. The Hall–Kier alpha value is -2.05. The molecule has 3 N–H and O–H groups in total. The van der Waals surface area contributed by atoms with Crippen LogP contribution in [0.5, 0.6) is 0 Å². The highest BCUT2D eigenvalue weighted by atomic mass is 35.5. The van der Waals surface area contributed by atoms with Crippen LogP contribution in [0.4, 0.5) is 5.69 Å². The Balaban J connectivity index is 1.76. The molecule has 0 aliphatic carbocycles. The van der Waals surface area contributed by atoms with Gasteiger partial charge >= 0.3 is 0 Å². The average molecular weight is 320 g/mol. The van der Waals surface area contributed by atoms with Gasteiger partial charge in [-0.25, -0.2) is 0 Å². The SMILES string of the molecule is NC(CN1CCN(c2ccnc3cc(Cl)ccc23)CC1)=NO. The van der Waals surface area contributed by atoms with Gasteiger partial charge in [-0.15, -0.1) is 0 Å². The summed E-state index contributed by atoms with van der Waals surface area (Å²) in [6, 6.07) is 7.83. The Bertz CT molecular complexity index is 697. The maximum atomic E-state index is 8.64. The number of nitrogens with zero attached hydrogens (tertiary/aromatic N) is 4. The van der Waals surface area contributed by atoms with Gasteiger partial charge in [0.25, 0.3) is 0 Å². The van der Waals surface area contributed by atoms with Crippen molar-refractivity contribution in [2.75, 3.05) is 37.6 Å². The van der Waals surface area contributed by atoms with E-state index in [4.69, 9.17) is 22.5 Å². The molecule has 22 heavy (non-hydrogen) atoms. The van der Waals surface area contributed by atoms with E-state index in [-0.39, 0.29) is 5.84 Å². The summed E-state index contributed by atoms with van der Waals surface area (Å²) in [5, 5.41) is 13.5. The summed E-state index contributed by atoms with van der Waals surface area (Å²) >= 11 is 6.03. The summed E-state index contributed by atoms with van der Waals surface area (Å²) in [7, 11) is 0. The first-order valence-corrected chi connectivity index (χ1v) is 7.53. The molecule has 1 aromatic carbocycles. The number of pyridine rings is 1. The molecule has 0 amide bonds. The van der Waals surface area contributed by atoms with E-state index in [1.165, 1.54) is 5.69 Å². The number of rotatable bonds is 3. The molecular formula is C15H18ClN5O. The third-order valence-electron chi connectivity index (χ3n) is 3.91. The van der Waals surface area contributed by atoms with E-state index in [2.05, 4.69) is 19.9 Å². The topological polar surface area (TPSA) is 78.0 Å². The summed E-state index contributed by atoms with van der Waals surface area (Å²) in [5.41, 5.74) is 7.64. The standard InChI is InChI=1S/C15H18ClN5O/c16-11-1-2-12-13(9-11)18-4-3-14(12)21-7-5-20(6-8-21)10-15(17)19-22/h1-4,9,22H,5-8,10H2,(H2,17,19). The van der Waals surface area contributed by atoms with Gasteiger partial charge < -0.3 is 15.8 Å². The fourth-order valence-corrected chi connectivity index (χ4v) is 2.96. The van der Waals surface area contributed by atoms with Crippen molar-refractivity contribution in [3.05, 3.63) is 35.5 Å². The second kappa shape index (κ2) is 6.37. The Labute approximate surface area is 133 Å². The maximum Gasteiger partial charge on any atom is 0.153 e. The average Bonchev–Trinajstić information content (AvgIpc) is 2.54. The van der Waals surface area contributed by atoms with Crippen molar-refractivity contribution in [2.24, 2.45) is 10.9 Å². The predicted molar refractivity (Wildman–Crippen MR) is 88.8 cm³/mol. The number of oxime groups is 1. The first-order valence-electron chi connectivity index (χ1n) is 7.15. The number of hydrogen-bond donors (Lipinski definition) is 2. The van der Waals surface area contributed by atoms with Crippen LogP contribution < -0.4 is 10.6 Å². The van der Waals surface area contributed by atoms with E-state index in [0.29, 0.717) is 11.6 Å². The Morgan fingerprint density at radius 2 is 2.05 bits per heavy atom. The van der Waals surface area contributed by atoms with Crippen LogP contribution in [0.2, 0.25) is 5.02 Å². The normalized spacial score (nSPS) is 17.1. The zero-order valence-electron chi connectivity index (χ0n) is 12.1. The highest BCUT2D eigenvalue weighted by molar-refractivity contribution is 6.31. The van der Waals surface area contributed by atoms with Gasteiger partial charge in [-0.3, -0.25) is 9.88 Å². The van der Waals surface area contributed by atoms with Crippen LogP contribution in [0.15, 0.2) is 35.6 Å². The number of fused-ring (bicyclic) bond motifs is 1. The second-order valence-corrected chi connectivity index (χ2v) is 5.78. The number of piperazine rings is 1. The van der Waals surface area contributed by atoms with Crippen LogP contribution in [0, 0.1) is 0 Å². The summed E-state index contributed by atoms with van der Waals surface area (Å²) < 4.78 is 0. The lowest BCUT2D eigenvalue weighted by atomic mass is 10.1. The largest absolute Gasteiger partial charge is 0.409 e. The lowest BCUT2D eigenvalue weighted by Gasteiger charge is -2.36. The lowest BCUT2D eigenvalue weighted by molar-refractivity contribution is 0.279. The molecule has 0 atom stereocenters. The van der Waals surface area contributed by atoms with Crippen LogP contribution in [0.25, 0.3) is 10.9 Å². The van der Waals surface area contributed by atoms with E-state index in [0.717, 1.165) is 37.1 Å². The molecule has 2 aromatic rings. The molecule has 0 saturated carbocycles. The number of aromatic nitrogens is 1. The minimum atomic E-state index is 0.248. The number of amidine groups is 1. The van der Waals surface area contributed by atoms with E-state index in [1.54, 1.807) is 0 Å². The van der Waals surface area contributed by atoms with E-state index < -0.39 is 0 Å². The molecule has 7 heteroatoms. The molecule has 1 saturated heterocycles. The van der Waals surface area contributed by atoms with Crippen molar-refractivity contribution >= 4 is 34.0 Å². The molecule has 0 radical (unpaired) electrons. The summed E-state index contributed by atoms with van der Waals surface area (Å²) in [6.07, 6.45) is 1.82. The molecular weight excluding hydrogens is 302 g/mol. The van der Waals surface area contributed by atoms with E-state index in [9.17, 15) is 0 Å². The quantitative estimate of drug-likeness (QED) is 0.390. The Morgan fingerprint density at radius 1 is 1.27 bits per heavy atom. The molecule has 0 bridgehead atoms. The van der Waals surface area contributed by atoms with Gasteiger partial charge in [-0.2, -0.15) is 0 Å². The monoisotopic (exact) mass is 319 g/mol. The van der Waals surface area contributed by atoms with Gasteiger partial charge in [0.1, 0.15) is 0 Å². The molecule has 1 aliphatic heterocycles. The van der Waals surface area contributed by atoms with Gasteiger partial charge in [0.05, 0.1) is 12.1 Å². The molecule has 1 aromatic heterocycles. The first kappa shape index (κ1) is 14.9. The van der Waals surface area contributed by atoms with Crippen molar-refractivity contribution in [3.8, 4) is 0 Å². The minimum Gasteiger partial charge on any atom is -0.409 e. The lowest BCUT2D eigenvalue weighted by Crippen LogP contribution is -2.49. The predicted octanol–water partition coefficient (Wildman–Crippen LogP) is 1.76. The molecule has 3 rings (SSSR count). The minimum absolute atomic E-state index is 0.248.